The lowest BCUT2D eigenvalue weighted by atomic mass is 10.2. The molecule has 0 atom stereocenters. The van der Waals surface area contributed by atoms with Gasteiger partial charge in [-0.2, -0.15) is 0 Å². The van der Waals surface area contributed by atoms with Crippen LogP contribution >= 0.6 is 11.3 Å². The highest BCUT2D eigenvalue weighted by atomic mass is 32.2. The summed E-state index contributed by atoms with van der Waals surface area (Å²) in [7, 11) is -3.95. The fourth-order valence-corrected chi connectivity index (χ4v) is 4.46. The van der Waals surface area contributed by atoms with Crippen molar-refractivity contribution in [2.24, 2.45) is 0 Å². The van der Waals surface area contributed by atoms with E-state index in [-0.39, 0.29) is 10.0 Å². The number of halogens is 2. The first-order chi connectivity index (χ1) is 12.8. The van der Waals surface area contributed by atoms with Crippen LogP contribution in [0.4, 0.5) is 13.9 Å². The maximum Gasteiger partial charge on any atom is 0.323 e. The van der Waals surface area contributed by atoms with Crippen molar-refractivity contribution in [2.75, 3.05) is 4.72 Å². The minimum absolute atomic E-state index is 0.0603. The van der Waals surface area contributed by atoms with Crippen LogP contribution in [0.3, 0.4) is 0 Å². The Kier molecular flexibility index (Phi) is 4.04. The number of rotatable bonds is 4. The van der Waals surface area contributed by atoms with E-state index < -0.39 is 27.3 Å². The van der Waals surface area contributed by atoms with Crippen molar-refractivity contribution in [1.29, 1.82) is 0 Å². The van der Waals surface area contributed by atoms with Crippen LogP contribution in [-0.2, 0) is 10.0 Å². The molecule has 2 aromatic carbocycles. The van der Waals surface area contributed by atoms with Crippen LogP contribution in [0.1, 0.15) is 0 Å². The van der Waals surface area contributed by atoms with E-state index in [0.717, 1.165) is 23.5 Å². The van der Waals surface area contributed by atoms with E-state index in [9.17, 15) is 22.0 Å². The average molecular weight is 408 g/mol. The minimum Gasteiger partial charge on any atom is -0.306 e. The van der Waals surface area contributed by atoms with E-state index in [0.29, 0.717) is 22.3 Å². The molecule has 0 saturated heterocycles. The van der Waals surface area contributed by atoms with E-state index in [4.69, 9.17) is 0 Å². The molecule has 2 heterocycles. The van der Waals surface area contributed by atoms with Crippen molar-refractivity contribution in [2.45, 2.75) is 4.90 Å². The Bertz CT molecular complexity index is 1320. The van der Waals surface area contributed by atoms with Gasteiger partial charge in [-0.1, -0.05) is 0 Å². The maximum absolute atomic E-state index is 13.4. The molecule has 7 nitrogen and oxygen atoms in total. The molecule has 0 spiro atoms. The standard InChI is InChI=1S/C16H10F2N4O3S2/c17-10-3-1-8(5-11(10)18)14-7-26-16(21-14)22-27(24,25)9-2-4-12-13(6-9)20-15(23)19-12/h1-7H,(H,21,22)(H2,19,20,23). The third-order valence-electron chi connectivity index (χ3n) is 3.74. The van der Waals surface area contributed by atoms with Gasteiger partial charge in [0.25, 0.3) is 10.0 Å². The van der Waals surface area contributed by atoms with Gasteiger partial charge in [0.1, 0.15) is 0 Å². The number of nitrogens with one attached hydrogen (secondary N) is 3. The van der Waals surface area contributed by atoms with Crippen LogP contribution in [0, 0.1) is 11.6 Å². The van der Waals surface area contributed by atoms with Gasteiger partial charge >= 0.3 is 5.69 Å². The highest BCUT2D eigenvalue weighted by Gasteiger charge is 2.18. The van der Waals surface area contributed by atoms with Crippen LogP contribution in [0.5, 0.6) is 0 Å². The molecule has 4 aromatic rings. The maximum atomic E-state index is 13.4. The first-order valence-corrected chi connectivity index (χ1v) is 9.84. The number of thiazole rings is 1. The topological polar surface area (TPSA) is 108 Å². The Morgan fingerprint density at radius 1 is 1.00 bits per heavy atom. The summed E-state index contributed by atoms with van der Waals surface area (Å²) in [6, 6.07) is 7.44. The van der Waals surface area contributed by atoms with Crippen molar-refractivity contribution >= 4 is 37.5 Å². The third-order valence-corrected chi connectivity index (χ3v) is 5.96. The zero-order valence-corrected chi connectivity index (χ0v) is 14.9. The number of fused-ring (bicyclic) bond motifs is 1. The van der Waals surface area contributed by atoms with Crippen molar-refractivity contribution < 1.29 is 17.2 Å². The van der Waals surface area contributed by atoms with Gasteiger partial charge in [-0.3, -0.25) is 4.72 Å². The first kappa shape index (κ1) is 17.4. The summed E-state index contributed by atoms with van der Waals surface area (Å²) in [5.74, 6) is -2.00. The van der Waals surface area contributed by atoms with Gasteiger partial charge in [0, 0.05) is 10.9 Å². The summed E-state index contributed by atoms with van der Waals surface area (Å²) in [5, 5.41) is 1.59. The van der Waals surface area contributed by atoms with Gasteiger partial charge in [-0.25, -0.2) is 27.0 Å². The number of imidazole rings is 1. The quantitative estimate of drug-likeness (QED) is 0.482. The van der Waals surface area contributed by atoms with Gasteiger partial charge in [-0.05, 0) is 36.4 Å². The molecule has 0 aliphatic heterocycles. The molecule has 2 aromatic heterocycles. The number of sulfonamides is 1. The molecule has 138 valence electrons. The minimum atomic E-state index is -3.95. The fraction of sp³-hybridized carbons (Fsp3) is 0. The molecule has 3 N–H and O–H groups in total. The Morgan fingerprint density at radius 3 is 2.56 bits per heavy atom. The summed E-state index contributed by atoms with van der Waals surface area (Å²) in [4.78, 5) is 20.3. The largest absolute Gasteiger partial charge is 0.323 e. The normalized spacial score (nSPS) is 11.8. The van der Waals surface area contributed by atoms with E-state index in [1.54, 1.807) is 0 Å². The van der Waals surface area contributed by atoms with Crippen LogP contribution in [0.15, 0.2) is 51.5 Å². The van der Waals surface area contributed by atoms with Crippen LogP contribution in [-0.4, -0.2) is 23.4 Å². The van der Waals surface area contributed by atoms with E-state index in [1.807, 2.05) is 0 Å². The van der Waals surface area contributed by atoms with E-state index >= 15 is 0 Å². The second-order valence-corrected chi connectivity index (χ2v) is 8.10. The number of benzene rings is 2. The SMILES string of the molecule is O=c1[nH]c2ccc(S(=O)(=O)Nc3nc(-c4ccc(F)c(F)c4)cs3)cc2[nH]1. The molecule has 4 rings (SSSR count). The molecule has 0 saturated carbocycles. The van der Waals surface area contributed by atoms with Crippen molar-refractivity contribution in [3.05, 3.63) is 63.9 Å². The number of aromatic nitrogens is 3. The molecule has 0 fully saturated rings. The summed E-state index contributed by atoms with van der Waals surface area (Å²) in [5.41, 5.74) is 1.02. The van der Waals surface area contributed by atoms with Crippen molar-refractivity contribution in [3.63, 3.8) is 0 Å². The van der Waals surface area contributed by atoms with Gasteiger partial charge in [0.2, 0.25) is 0 Å². The van der Waals surface area contributed by atoms with E-state index in [1.165, 1.54) is 29.6 Å². The highest BCUT2D eigenvalue weighted by Crippen LogP contribution is 2.28. The molecular formula is C16H10F2N4O3S2. The molecule has 0 unspecified atom stereocenters. The van der Waals surface area contributed by atoms with Gasteiger partial charge < -0.3 is 9.97 Å². The number of H-pyrrole nitrogens is 2. The summed E-state index contributed by atoms with van der Waals surface area (Å²) in [6.07, 6.45) is 0. The average Bonchev–Trinajstić information content (AvgIpc) is 3.21. The smallest absolute Gasteiger partial charge is 0.306 e. The lowest BCUT2D eigenvalue weighted by Gasteiger charge is -2.05. The summed E-state index contributed by atoms with van der Waals surface area (Å²) < 4.78 is 53.8. The van der Waals surface area contributed by atoms with Gasteiger partial charge in [-0.15, -0.1) is 11.3 Å². The molecule has 0 bridgehead atoms. The molecule has 0 aliphatic rings. The molecule has 0 aliphatic carbocycles. The Morgan fingerprint density at radius 2 is 1.78 bits per heavy atom. The summed E-state index contributed by atoms with van der Waals surface area (Å²) in [6.45, 7) is 0. The summed E-state index contributed by atoms with van der Waals surface area (Å²) >= 11 is 1.00. The Balaban J connectivity index is 1.63. The van der Waals surface area contributed by atoms with Gasteiger partial charge in [0.05, 0.1) is 21.6 Å². The van der Waals surface area contributed by atoms with Crippen molar-refractivity contribution in [3.8, 4) is 11.3 Å². The monoisotopic (exact) mass is 408 g/mol. The molecule has 0 amide bonds. The second-order valence-electron chi connectivity index (χ2n) is 5.56. The molecule has 0 radical (unpaired) electrons. The number of hydrogen-bond donors (Lipinski definition) is 3. The number of hydrogen-bond acceptors (Lipinski definition) is 5. The zero-order valence-electron chi connectivity index (χ0n) is 13.3. The zero-order chi connectivity index (χ0) is 19.2. The van der Waals surface area contributed by atoms with Crippen LogP contribution < -0.4 is 10.4 Å². The molecular weight excluding hydrogens is 398 g/mol. The van der Waals surface area contributed by atoms with Crippen LogP contribution in [0.2, 0.25) is 0 Å². The Hall–Kier alpha value is -3.05. The molecule has 11 heteroatoms. The fourth-order valence-electron chi connectivity index (χ4n) is 2.46. The first-order valence-electron chi connectivity index (χ1n) is 7.48. The Labute approximate surface area is 154 Å². The predicted octanol–water partition coefficient (Wildman–Crippen LogP) is 3.06. The highest BCUT2D eigenvalue weighted by molar-refractivity contribution is 7.93. The van der Waals surface area contributed by atoms with Crippen LogP contribution in [0.25, 0.3) is 22.3 Å². The third kappa shape index (κ3) is 3.34. The molecule has 27 heavy (non-hydrogen) atoms. The van der Waals surface area contributed by atoms with Crippen molar-refractivity contribution in [1.82, 2.24) is 15.0 Å². The predicted molar refractivity (Wildman–Crippen MR) is 97.2 cm³/mol. The van der Waals surface area contributed by atoms with Gasteiger partial charge in [0.15, 0.2) is 16.8 Å². The number of nitrogens with zero attached hydrogens (tertiary/aromatic N) is 1. The second kappa shape index (κ2) is 6.28. The lowest BCUT2D eigenvalue weighted by molar-refractivity contribution is 0.509. The number of aromatic amines is 2. The lowest BCUT2D eigenvalue weighted by Crippen LogP contribution is -2.12. The van der Waals surface area contributed by atoms with E-state index in [2.05, 4.69) is 19.7 Å². The number of anilines is 1.